The quantitative estimate of drug-likeness (QED) is 0.770. The molecule has 1 aromatic carbocycles. The standard InChI is InChI=1S/C23H30F2N4O2/c1-14-4-6-18(7-5-14)31-16(3)23(30)28-10-8-17(9-11-28)19-13-20(22(24)25)29-21(26-19)12-15(2)27-29/h4-7,12,16-17,19-20,22,26H,8-11,13H2,1-3H3/t16?,19-,20+/m0/s1. The predicted molar refractivity (Wildman–Crippen MR) is 115 cm³/mol. The van der Waals surface area contributed by atoms with Crippen molar-refractivity contribution in [3.8, 4) is 5.75 Å². The Morgan fingerprint density at radius 3 is 2.52 bits per heavy atom. The van der Waals surface area contributed by atoms with Crippen molar-refractivity contribution in [2.24, 2.45) is 5.92 Å². The molecule has 1 amide bonds. The van der Waals surface area contributed by atoms with Crippen molar-refractivity contribution in [3.63, 3.8) is 0 Å². The van der Waals surface area contributed by atoms with Crippen molar-refractivity contribution >= 4 is 11.7 Å². The van der Waals surface area contributed by atoms with Gasteiger partial charge in [0.1, 0.15) is 17.6 Å². The largest absolute Gasteiger partial charge is 0.481 e. The molecule has 1 aromatic heterocycles. The van der Waals surface area contributed by atoms with Crippen molar-refractivity contribution in [1.29, 1.82) is 0 Å². The van der Waals surface area contributed by atoms with Crippen LogP contribution in [0.3, 0.4) is 0 Å². The van der Waals surface area contributed by atoms with Gasteiger partial charge in [0.05, 0.1) is 5.69 Å². The molecule has 0 aliphatic carbocycles. The van der Waals surface area contributed by atoms with E-state index in [1.165, 1.54) is 4.68 Å². The molecule has 31 heavy (non-hydrogen) atoms. The van der Waals surface area contributed by atoms with Crippen LogP contribution in [0.5, 0.6) is 5.75 Å². The Morgan fingerprint density at radius 1 is 1.19 bits per heavy atom. The van der Waals surface area contributed by atoms with E-state index in [4.69, 9.17) is 4.74 Å². The molecule has 0 bridgehead atoms. The van der Waals surface area contributed by atoms with Crippen LogP contribution in [0.15, 0.2) is 30.3 Å². The number of alkyl halides is 2. The summed E-state index contributed by atoms with van der Waals surface area (Å²) in [5, 5.41) is 7.65. The molecule has 168 valence electrons. The number of aromatic nitrogens is 2. The van der Waals surface area contributed by atoms with Crippen molar-refractivity contribution in [3.05, 3.63) is 41.6 Å². The number of hydrogen-bond acceptors (Lipinski definition) is 4. The van der Waals surface area contributed by atoms with Crippen molar-refractivity contribution in [1.82, 2.24) is 14.7 Å². The van der Waals surface area contributed by atoms with Crippen LogP contribution in [0.4, 0.5) is 14.6 Å². The minimum absolute atomic E-state index is 0.0326. The second kappa shape index (κ2) is 8.85. The second-order valence-electron chi connectivity index (χ2n) is 8.74. The zero-order valence-electron chi connectivity index (χ0n) is 18.2. The fraction of sp³-hybridized carbons (Fsp3) is 0.565. The van der Waals surface area contributed by atoms with E-state index in [0.717, 1.165) is 24.1 Å². The van der Waals surface area contributed by atoms with Gasteiger partial charge in [-0.2, -0.15) is 5.10 Å². The number of halogens is 2. The number of benzene rings is 1. The summed E-state index contributed by atoms with van der Waals surface area (Å²) in [6, 6.07) is 8.52. The van der Waals surface area contributed by atoms with E-state index in [0.29, 0.717) is 31.1 Å². The maximum Gasteiger partial charge on any atom is 0.263 e. The first kappa shape index (κ1) is 21.6. The number of fused-ring (bicyclic) bond motifs is 1. The number of carbonyl (C=O) groups is 1. The molecule has 0 saturated carbocycles. The number of aryl methyl sites for hydroxylation is 2. The third-order valence-electron chi connectivity index (χ3n) is 6.39. The number of ether oxygens (including phenoxy) is 1. The average Bonchev–Trinajstić information content (AvgIpc) is 3.14. The third kappa shape index (κ3) is 4.67. The zero-order valence-corrected chi connectivity index (χ0v) is 18.2. The Hall–Kier alpha value is -2.64. The van der Waals surface area contributed by atoms with E-state index in [9.17, 15) is 13.6 Å². The minimum atomic E-state index is -2.45. The Bertz CT molecular complexity index is 907. The minimum Gasteiger partial charge on any atom is -0.481 e. The van der Waals surface area contributed by atoms with Crippen molar-refractivity contribution in [2.75, 3.05) is 18.4 Å². The molecular weight excluding hydrogens is 402 g/mol. The highest BCUT2D eigenvalue weighted by Crippen LogP contribution is 2.37. The first-order valence-electron chi connectivity index (χ1n) is 10.9. The van der Waals surface area contributed by atoms with E-state index in [1.807, 2.05) is 49.1 Å². The summed E-state index contributed by atoms with van der Waals surface area (Å²) >= 11 is 0. The van der Waals surface area contributed by atoms with Crippen LogP contribution >= 0.6 is 0 Å². The molecule has 6 nitrogen and oxygen atoms in total. The van der Waals surface area contributed by atoms with Crippen molar-refractivity contribution in [2.45, 2.75) is 64.6 Å². The van der Waals surface area contributed by atoms with Gasteiger partial charge in [0.25, 0.3) is 12.3 Å². The molecule has 3 atom stereocenters. The van der Waals surface area contributed by atoms with Crippen LogP contribution in [0.25, 0.3) is 0 Å². The first-order valence-corrected chi connectivity index (χ1v) is 10.9. The highest BCUT2D eigenvalue weighted by Gasteiger charge is 2.38. The van der Waals surface area contributed by atoms with Crippen LogP contribution in [-0.2, 0) is 4.79 Å². The lowest BCUT2D eigenvalue weighted by molar-refractivity contribution is -0.139. The molecule has 3 heterocycles. The highest BCUT2D eigenvalue weighted by molar-refractivity contribution is 5.81. The predicted octanol–water partition coefficient (Wildman–Crippen LogP) is 4.20. The Kier molecular flexibility index (Phi) is 6.16. The number of nitrogens with zero attached hydrogens (tertiary/aromatic N) is 3. The number of hydrogen-bond donors (Lipinski definition) is 1. The maximum absolute atomic E-state index is 13.7. The fourth-order valence-corrected chi connectivity index (χ4v) is 4.66. The van der Waals surface area contributed by atoms with Crippen LogP contribution in [0.2, 0.25) is 0 Å². The molecule has 0 radical (unpaired) electrons. The summed E-state index contributed by atoms with van der Waals surface area (Å²) in [7, 11) is 0. The second-order valence-corrected chi connectivity index (χ2v) is 8.74. The van der Waals surface area contributed by atoms with Gasteiger partial charge >= 0.3 is 0 Å². The normalized spacial score (nSPS) is 22.7. The van der Waals surface area contributed by atoms with Crippen LogP contribution in [0.1, 0.15) is 43.5 Å². The number of nitrogens with one attached hydrogen (secondary N) is 1. The van der Waals surface area contributed by atoms with Gasteiger partial charge in [-0.25, -0.2) is 13.5 Å². The van der Waals surface area contributed by atoms with Gasteiger partial charge in [0, 0.05) is 25.2 Å². The van der Waals surface area contributed by atoms with Gasteiger partial charge in [-0.3, -0.25) is 4.79 Å². The Morgan fingerprint density at radius 2 is 1.87 bits per heavy atom. The molecule has 2 aliphatic rings. The summed E-state index contributed by atoms with van der Waals surface area (Å²) in [6.45, 7) is 6.81. The van der Waals surface area contributed by atoms with Crippen LogP contribution in [-0.4, -0.2) is 52.2 Å². The molecule has 8 heteroatoms. The summed E-state index contributed by atoms with van der Waals surface area (Å²) in [5.41, 5.74) is 1.87. The summed E-state index contributed by atoms with van der Waals surface area (Å²) in [6.07, 6.45) is -1.11. The van der Waals surface area contributed by atoms with E-state index in [2.05, 4.69) is 10.4 Å². The number of rotatable bonds is 5. The average molecular weight is 433 g/mol. The molecular formula is C23H30F2N4O2. The summed E-state index contributed by atoms with van der Waals surface area (Å²) < 4.78 is 34.5. The highest BCUT2D eigenvalue weighted by atomic mass is 19.3. The molecule has 1 saturated heterocycles. The fourth-order valence-electron chi connectivity index (χ4n) is 4.66. The smallest absolute Gasteiger partial charge is 0.263 e. The molecule has 4 rings (SSSR count). The third-order valence-corrected chi connectivity index (χ3v) is 6.39. The van der Waals surface area contributed by atoms with Crippen LogP contribution < -0.4 is 10.1 Å². The topological polar surface area (TPSA) is 59.4 Å². The number of likely N-dealkylation sites (tertiary alicyclic amines) is 1. The molecule has 0 spiro atoms. The van der Waals surface area contributed by atoms with Gasteiger partial charge in [-0.15, -0.1) is 0 Å². The van der Waals surface area contributed by atoms with Gasteiger partial charge in [0.15, 0.2) is 6.10 Å². The molecule has 1 unspecified atom stereocenters. The summed E-state index contributed by atoms with van der Waals surface area (Å²) in [5.74, 6) is 1.55. The molecule has 2 aromatic rings. The Balaban J connectivity index is 1.34. The molecule has 1 fully saturated rings. The van der Waals surface area contributed by atoms with Gasteiger partial charge < -0.3 is 15.0 Å². The summed E-state index contributed by atoms with van der Waals surface area (Å²) in [4.78, 5) is 14.7. The zero-order chi connectivity index (χ0) is 22.1. The number of piperidine rings is 1. The van der Waals surface area contributed by atoms with E-state index >= 15 is 0 Å². The Labute approximate surface area is 181 Å². The lowest BCUT2D eigenvalue weighted by atomic mass is 9.85. The van der Waals surface area contributed by atoms with Gasteiger partial charge in [-0.05, 0) is 58.1 Å². The SMILES string of the molecule is Cc1ccc(OC(C)C(=O)N2CCC([C@@H]3C[C@H](C(F)F)n4nc(C)cc4N3)CC2)cc1. The van der Waals surface area contributed by atoms with Crippen LogP contribution in [0, 0.1) is 19.8 Å². The molecule has 1 N–H and O–H groups in total. The van der Waals surface area contributed by atoms with E-state index in [-0.39, 0.29) is 17.9 Å². The number of amides is 1. The van der Waals surface area contributed by atoms with E-state index in [1.54, 1.807) is 6.92 Å². The lowest BCUT2D eigenvalue weighted by Crippen LogP contribution is -2.48. The van der Waals surface area contributed by atoms with Gasteiger partial charge in [0.2, 0.25) is 0 Å². The number of anilines is 1. The van der Waals surface area contributed by atoms with Crippen molar-refractivity contribution < 1.29 is 18.3 Å². The maximum atomic E-state index is 13.7. The van der Waals surface area contributed by atoms with E-state index < -0.39 is 18.6 Å². The lowest BCUT2D eigenvalue weighted by Gasteiger charge is -2.40. The molecule has 2 aliphatic heterocycles. The monoisotopic (exact) mass is 432 g/mol. The van der Waals surface area contributed by atoms with Gasteiger partial charge in [-0.1, -0.05) is 17.7 Å². The number of carbonyl (C=O) groups excluding carboxylic acids is 1. The first-order chi connectivity index (χ1) is 14.8.